The molecule has 0 bridgehead atoms. The van der Waals surface area contributed by atoms with Gasteiger partial charge in [-0.2, -0.15) is 4.68 Å². The fraction of sp³-hybridized carbons (Fsp3) is 0.440. The molecule has 1 aromatic carbocycles. The van der Waals surface area contributed by atoms with Crippen molar-refractivity contribution in [3.63, 3.8) is 0 Å². The van der Waals surface area contributed by atoms with E-state index in [0.717, 1.165) is 29.7 Å². The Morgan fingerprint density at radius 1 is 1.28 bits per heavy atom. The number of aromatic nitrogens is 5. The minimum atomic E-state index is -0.501. The molecule has 2 aromatic heterocycles. The average Bonchev–Trinajstić information content (AvgIpc) is 3.44. The van der Waals surface area contributed by atoms with Crippen molar-refractivity contribution in [2.75, 3.05) is 32.8 Å². The van der Waals surface area contributed by atoms with Gasteiger partial charge in [0.15, 0.2) is 5.82 Å². The maximum absolute atomic E-state index is 14.0. The van der Waals surface area contributed by atoms with Crippen LogP contribution < -0.4 is 0 Å². The number of morpholine rings is 1. The van der Waals surface area contributed by atoms with Crippen LogP contribution in [0, 0.1) is 19.3 Å². The first kappa shape index (κ1) is 24.0. The topological polar surface area (TPSA) is 93.6 Å². The first-order valence-electron chi connectivity index (χ1n) is 12.0. The van der Waals surface area contributed by atoms with E-state index in [-0.39, 0.29) is 30.2 Å². The number of rotatable bonds is 5. The molecule has 10 nitrogen and oxygen atoms in total. The third-order valence-corrected chi connectivity index (χ3v) is 7.10. The minimum absolute atomic E-state index is 0.0561. The molecule has 4 heterocycles. The summed E-state index contributed by atoms with van der Waals surface area (Å²) in [6.07, 6.45) is 4.06. The second-order valence-corrected chi connectivity index (χ2v) is 9.13. The van der Waals surface area contributed by atoms with Crippen LogP contribution in [0.4, 0.5) is 10.1 Å². The molecular formula is C25H27FN8O2. The van der Waals surface area contributed by atoms with E-state index in [1.54, 1.807) is 19.2 Å². The number of fused-ring (bicyclic) bond motifs is 1. The lowest BCUT2D eigenvalue weighted by atomic mass is 9.98. The van der Waals surface area contributed by atoms with Crippen molar-refractivity contribution < 1.29 is 13.9 Å². The summed E-state index contributed by atoms with van der Waals surface area (Å²) in [6, 6.07) is 5.08. The molecular weight excluding hydrogens is 463 g/mol. The summed E-state index contributed by atoms with van der Waals surface area (Å²) >= 11 is 0. The van der Waals surface area contributed by atoms with Crippen molar-refractivity contribution in [2.24, 2.45) is 0 Å². The zero-order valence-corrected chi connectivity index (χ0v) is 20.3. The fourth-order valence-corrected chi connectivity index (χ4v) is 5.04. The van der Waals surface area contributed by atoms with E-state index >= 15 is 0 Å². The van der Waals surface area contributed by atoms with Crippen LogP contribution in [0.3, 0.4) is 0 Å². The summed E-state index contributed by atoms with van der Waals surface area (Å²) in [6.45, 7) is 14.2. The number of benzene rings is 1. The first-order chi connectivity index (χ1) is 17.5. The zero-order chi connectivity index (χ0) is 25.2. The minimum Gasteiger partial charge on any atom is -0.371 e. The average molecular weight is 491 g/mol. The highest BCUT2D eigenvalue weighted by Crippen LogP contribution is 2.34. The Hall–Kier alpha value is -3.75. The molecule has 0 aliphatic carbocycles. The molecule has 11 heteroatoms. The lowest BCUT2D eigenvalue weighted by Gasteiger charge is -2.46. The van der Waals surface area contributed by atoms with Crippen LogP contribution in [-0.4, -0.2) is 79.7 Å². The largest absolute Gasteiger partial charge is 0.371 e. The second kappa shape index (κ2) is 10.1. The van der Waals surface area contributed by atoms with E-state index in [1.807, 2.05) is 17.9 Å². The predicted octanol–water partition coefficient (Wildman–Crippen LogP) is 2.44. The van der Waals surface area contributed by atoms with Crippen LogP contribution in [0.15, 0.2) is 30.7 Å². The molecule has 1 amide bonds. The van der Waals surface area contributed by atoms with Crippen LogP contribution in [-0.2, 0) is 22.4 Å². The molecule has 0 radical (unpaired) electrons. The van der Waals surface area contributed by atoms with Crippen molar-refractivity contribution in [1.29, 1.82) is 0 Å². The van der Waals surface area contributed by atoms with Crippen molar-refractivity contribution in [2.45, 2.75) is 38.8 Å². The molecule has 2 atom stereocenters. The van der Waals surface area contributed by atoms with Gasteiger partial charge >= 0.3 is 0 Å². The standard InChI is InChI=1S/C25H27FN8O2/c1-4-17-9-23(34-15-29-30-31-34)28-11-18(17)10-24(35)33-8-7-32-13-22(36-14-19(32)12-33)20-5-6-21(26)25(27-3)16(20)2/h5-6,9,11,15,19,22H,4,7-8,10,12-14H2,1-2H3/t19-,22+/m1/s1. The Balaban J connectivity index is 1.23. The summed E-state index contributed by atoms with van der Waals surface area (Å²) in [5.74, 6) is 0.188. The molecule has 0 N–H and O–H groups in total. The Morgan fingerprint density at radius 2 is 2.14 bits per heavy atom. The molecule has 186 valence electrons. The SMILES string of the molecule is [C-]#[N+]c1c(F)ccc([C@@H]2CN3CCN(C(=O)Cc4cnc(-n5cnnn5)cc4CC)C[C@@H]3CO2)c1C. The number of carbonyl (C=O) groups is 1. The summed E-state index contributed by atoms with van der Waals surface area (Å²) in [5.41, 5.74) is 3.49. The molecule has 2 aliphatic heterocycles. The third-order valence-electron chi connectivity index (χ3n) is 7.10. The van der Waals surface area contributed by atoms with Gasteiger partial charge in [0.25, 0.3) is 0 Å². The lowest BCUT2D eigenvalue weighted by Crippen LogP contribution is -2.59. The van der Waals surface area contributed by atoms with Crippen LogP contribution in [0.5, 0.6) is 0 Å². The number of aryl methyl sites for hydroxylation is 1. The number of pyridine rings is 1. The van der Waals surface area contributed by atoms with Crippen LogP contribution >= 0.6 is 0 Å². The smallest absolute Gasteiger partial charge is 0.227 e. The molecule has 36 heavy (non-hydrogen) atoms. The summed E-state index contributed by atoms with van der Waals surface area (Å²) in [4.78, 5) is 25.2. The Morgan fingerprint density at radius 3 is 2.89 bits per heavy atom. The van der Waals surface area contributed by atoms with E-state index in [4.69, 9.17) is 11.3 Å². The first-order valence-corrected chi connectivity index (χ1v) is 12.0. The third kappa shape index (κ3) is 4.57. The van der Waals surface area contributed by atoms with Crippen LogP contribution in [0.2, 0.25) is 0 Å². The monoisotopic (exact) mass is 490 g/mol. The van der Waals surface area contributed by atoms with E-state index in [9.17, 15) is 9.18 Å². The highest BCUT2D eigenvalue weighted by molar-refractivity contribution is 5.79. The number of carbonyl (C=O) groups excluding carboxylic acids is 1. The number of halogens is 1. The summed E-state index contributed by atoms with van der Waals surface area (Å²) in [5, 5.41) is 11.2. The number of amides is 1. The normalized spacial score (nSPS) is 20.1. The van der Waals surface area contributed by atoms with Crippen LogP contribution in [0.25, 0.3) is 10.7 Å². The van der Waals surface area contributed by atoms with E-state index in [1.165, 1.54) is 17.1 Å². The maximum Gasteiger partial charge on any atom is 0.227 e. The fourth-order valence-electron chi connectivity index (χ4n) is 5.04. The maximum atomic E-state index is 14.0. The second-order valence-electron chi connectivity index (χ2n) is 9.13. The molecule has 3 aromatic rings. The van der Waals surface area contributed by atoms with E-state index < -0.39 is 5.82 Å². The molecule has 2 aliphatic rings. The van der Waals surface area contributed by atoms with Gasteiger partial charge in [0.1, 0.15) is 12.1 Å². The number of piperazine rings is 1. The number of ether oxygens (including phenoxy) is 1. The van der Waals surface area contributed by atoms with Gasteiger partial charge in [-0.3, -0.25) is 9.69 Å². The molecule has 2 fully saturated rings. The van der Waals surface area contributed by atoms with E-state index in [2.05, 4.69) is 30.3 Å². The zero-order valence-electron chi connectivity index (χ0n) is 20.3. The van der Waals surface area contributed by atoms with Gasteiger partial charge in [-0.1, -0.05) is 13.0 Å². The van der Waals surface area contributed by atoms with E-state index in [0.29, 0.717) is 37.6 Å². The van der Waals surface area contributed by atoms with Crippen molar-refractivity contribution in [3.05, 3.63) is 70.2 Å². The van der Waals surface area contributed by atoms with Gasteiger partial charge in [-0.05, 0) is 58.2 Å². The molecule has 0 saturated carbocycles. The molecule has 2 saturated heterocycles. The number of tetrazole rings is 1. The summed E-state index contributed by atoms with van der Waals surface area (Å²) in [7, 11) is 0. The Bertz CT molecular complexity index is 1310. The molecule has 0 spiro atoms. The predicted molar refractivity (Wildman–Crippen MR) is 128 cm³/mol. The van der Waals surface area contributed by atoms with Crippen molar-refractivity contribution >= 4 is 11.6 Å². The highest BCUT2D eigenvalue weighted by atomic mass is 19.1. The number of hydrogen-bond donors (Lipinski definition) is 0. The van der Waals surface area contributed by atoms with Gasteiger partial charge in [0, 0.05) is 32.4 Å². The van der Waals surface area contributed by atoms with Gasteiger partial charge in [0.2, 0.25) is 11.6 Å². The van der Waals surface area contributed by atoms with Gasteiger partial charge in [0.05, 0.1) is 31.7 Å². The number of hydrogen-bond acceptors (Lipinski definition) is 7. The quantitative estimate of drug-likeness (QED) is 0.507. The van der Waals surface area contributed by atoms with Crippen molar-refractivity contribution in [1.82, 2.24) is 35.0 Å². The number of nitrogens with zero attached hydrogens (tertiary/aromatic N) is 8. The Kier molecular flexibility index (Phi) is 6.71. The van der Waals surface area contributed by atoms with Crippen LogP contribution in [0.1, 0.15) is 35.3 Å². The molecule has 0 unspecified atom stereocenters. The van der Waals surface area contributed by atoms with Crippen molar-refractivity contribution in [3.8, 4) is 5.82 Å². The summed E-state index contributed by atoms with van der Waals surface area (Å²) < 4.78 is 21.6. The lowest BCUT2D eigenvalue weighted by molar-refractivity contribution is -0.139. The van der Waals surface area contributed by atoms with Gasteiger partial charge in [-0.25, -0.2) is 14.2 Å². The van der Waals surface area contributed by atoms with Gasteiger partial charge in [-0.15, -0.1) is 5.10 Å². The highest BCUT2D eigenvalue weighted by Gasteiger charge is 2.36. The Labute approximate surface area is 208 Å². The van der Waals surface area contributed by atoms with Gasteiger partial charge < -0.3 is 9.64 Å². The molecule has 5 rings (SSSR count).